The van der Waals surface area contributed by atoms with Gasteiger partial charge in [0.1, 0.15) is 6.29 Å². The van der Waals surface area contributed by atoms with Gasteiger partial charge >= 0.3 is 0 Å². The predicted molar refractivity (Wildman–Crippen MR) is 58.9 cm³/mol. The molecule has 1 N–H and O–H groups in total. The van der Waals surface area contributed by atoms with Gasteiger partial charge in [0.15, 0.2) is 0 Å². The first kappa shape index (κ1) is 13.4. The van der Waals surface area contributed by atoms with Gasteiger partial charge in [0, 0.05) is 13.0 Å². The highest BCUT2D eigenvalue weighted by Gasteiger charge is 2.41. The average Bonchev–Trinajstić information content (AvgIpc) is 2.84. The number of hydrogen-bond acceptors (Lipinski definition) is 2. The molecule has 4 unspecified atom stereocenters. The van der Waals surface area contributed by atoms with E-state index in [-0.39, 0.29) is 0 Å². The van der Waals surface area contributed by atoms with Crippen LogP contribution in [0.2, 0.25) is 0 Å². The van der Waals surface area contributed by atoms with Gasteiger partial charge in [-0.2, -0.15) is 0 Å². The zero-order valence-electron chi connectivity index (χ0n) is 9.60. The van der Waals surface area contributed by atoms with Gasteiger partial charge in [0.25, 0.3) is 0 Å². The molecule has 2 rings (SSSR count). The molecule has 0 spiro atoms. The Hall–Kier alpha value is -0.630. The van der Waals surface area contributed by atoms with E-state index in [1.165, 1.54) is 6.42 Å². The molecule has 0 radical (unpaired) electrons. The van der Waals surface area contributed by atoms with Gasteiger partial charge in [-0.1, -0.05) is 32.9 Å². The van der Waals surface area contributed by atoms with Crippen LogP contribution in [0.25, 0.3) is 0 Å². The summed E-state index contributed by atoms with van der Waals surface area (Å²) in [7, 11) is 1.00. The molecule has 4 atom stereocenters. The van der Waals surface area contributed by atoms with Gasteiger partial charge in [-0.25, -0.2) is 0 Å². The summed E-state index contributed by atoms with van der Waals surface area (Å²) in [6.07, 6.45) is 6.85. The molecule has 1 saturated carbocycles. The van der Waals surface area contributed by atoms with Gasteiger partial charge in [0.05, 0.1) is 0 Å². The normalized spacial score (nSPS) is 36.6. The van der Waals surface area contributed by atoms with E-state index in [0.717, 1.165) is 13.4 Å². The van der Waals surface area contributed by atoms with Crippen LogP contribution in [0.4, 0.5) is 0 Å². The first-order valence-electron chi connectivity index (χ1n) is 5.41. The van der Waals surface area contributed by atoms with Crippen molar-refractivity contribution in [3.05, 3.63) is 12.2 Å². The number of aliphatic hydroxyl groups is 1. The second-order valence-electron chi connectivity index (χ2n) is 3.52. The van der Waals surface area contributed by atoms with Crippen LogP contribution < -0.4 is 0 Å². The number of carbonyl (C=O) groups is 1. The van der Waals surface area contributed by atoms with Crippen LogP contribution in [0.3, 0.4) is 0 Å². The summed E-state index contributed by atoms with van der Waals surface area (Å²) >= 11 is 0. The van der Waals surface area contributed by atoms with Crippen molar-refractivity contribution in [1.29, 1.82) is 0 Å². The smallest absolute Gasteiger partial charge is 0.123 e. The third kappa shape index (κ3) is 2.44. The monoisotopic (exact) mass is 198 g/mol. The highest BCUT2D eigenvalue weighted by molar-refractivity contribution is 5.57. The molecule has 0 aliphatic heterocycles. The first-order valence-corrected chi connectivity index (χ1v) is 5.41. The minimum Gasteiger partial charge on any atom is -0.400 e. The van der Waals surface area contributed by atoms with Gasteiger partial charge in [0.2, 0.25) is 0 Å². The number of aliphatic hydroxyl groups excluding tert-OH is 1. The topological polar surface area (TPSA) is 37.3 Å². The number of aldehydes is 1. The molecule has 0 aromatic carbocycles. The van der Waals surface area contributed by atoms with Crippen LogP contribution in [0.15, 0.2) is 12.2 Å². The highest BCUT2D eigenvalue weighted by atomic mass is 16.2. The Morgan fingerprint density at radius 3 is 2.00 bits per heavy atom. The second kappa shape index (κ2) is 6.77. The van der Waals surface area contributed by atoms with E-state index in [0.29, 0.717) is 23.7 Å². The van der Waals surface area contributed by atoms with Crippen molar-refractivity contribution in [3.63, 3.8) is 0 Å². The van der Waals surface area contributed by atoms with Crippen LogP contribution in [-0.2, 0) is 4.79 Å². The Kier molecular flexibility index (Phi) is 6.46. The summed E-state index contributed by atoms with van der Waals surface area (Å²) in [5, 5.41) is 7.00. The molecule has 0 aromatic heterocycles. The number of fused-ring (bicyclic) bond motifs is 2. The van der Waals surface area contributed by atoms with E-state index in [2.05, 4.69) is 19.1 Å². The van der Waals surface area contributed by atoms with Gasteiger partial charge in [-0.05, 0) is 24.2 Å². The van der Waals surface area contributed by atoms with Crippen LogP contribution in [0.1, 0.15) is 27.2 Å². The SMILES string of the molecule is CC.CC1C2C=CC(C2)C1C=O.CO. The molecular weight excluding hydrogens is 176 g/mol. The van der Waals surface area contributed by atoms with Crippen LogP contribution in [0, 0.1) is 23.7 Å². The Morgan fingerprint density at radius 2 is 1.71 bits per heavy atom. The average molecular weight is 198 g/mol. The molecule has 0 heterocycles. The van der Waals surface area contributed by atoms with Crippen LogP contribution in [0.5, 0.6) is 0 Å². The van der Waals surface area contributed by atoms with Crippen molar-refractivity contribution < 1.29 is 9.90 Å². The molecule has 2 nitrogen and oxygen atoms in total. The number of allylic oxidation sites excluding steroid dienone is 2. The molecule has 2 aliphatic carbocycles. The summed E-state index contributed by atoms with van der Waals surface area (Å²) in [6, 6.07) is 0. The maximum absolute atomic E-state index is 10.6. The Labute approximate surface area is 87.0 Å². The molecule has 1 fully saturated rings. The Bertz CT molecular complexity index is 187. The predicted octanol–water partition coefficient (Wildman–Crippen LogP) is 2.28. The van der Waals surface area contributed by atoms with Crippen molar-refractivity contribution in [3.8, 4) is 0 Å². The zero-order valence-corrected chi connectivity index (χ0v) is 9.60. The van der Waals surface area contributed by atoms with Crippen molar-refractivity contribution in [2.24, 2.45) is 23.7 Å². The molecule has 2 heteroatoms. The van der Waals surface area contributed by atoms with E-state index < -0.39 is 0 Å². The maximum Gasteiger partial charge on any atom is 0.123 e. The van der Waals surface area contributed by atoms with Crippen molar-refractivity contribution in [2.45, 2.75) is 27.2 Å². The molecule has 2 bridgehead atoms. The van der Waals surface area contributed by atoms with Crippen molar-refractivity contribution in [1.82, 2.24) is 0 Å². The molecule has 0 amide bonds. The Balaban J connectivity index is 0.000000379. The molecule has 0 aromatic rings. The van der Waals surface area contributed by atoms with E-state index >= 15 is 0 Å². The standard InChI is InChI=1S/C9H12O.C2H6.CH4O/c1-6-7-2-3-8(4-7)9(6)5-10;2*1-2/h2-3,5-9H,4H2,1H3;1-2H3;2H,1H3. The van der Waals surface area contributed by atoms with Crippen LogP contribution in [-0.4, -0.2) is 18.5 Å². The quantitative estimate of drug-likeness (QED) is 0.518. The number of rotatable bonds is 1. The maximum atomic E-state index is 10.6. The summed E-state index contributed by atoms with van der Waals surface area (Å²) in [4.78, 5) is 10.6. The summed E-state index contributed by atoms with van der Waals surface area (Å²) in [6.45, 7) is 6.19. The third-order valence-electron chi connectivity index (χ3n) is 3.08. The lowest BCUT2D eigenvalue weighted by atomic mass is 9.86. The zero-order chi connectivity index (χ0) is 11.1. The van der Waals surface area contributed by atoms with E-state index in [4.69, 9.17) is 5.11 Å². The Morgan fingerprint density at radius 1 is 1.21 bits per heavy atom. The third-order valence-corrected chi connectivity index (χ3v) is 3.08. The van der Waals surface area contributed by atoms with Gasteiger partial charge in [-0.3, -0.25) is 0 Å². The van der Waals surface area contributed by atoms with Crippen molar-refractivity contribution in [2.75, 3.05) is 7.11 Å². The van der Waals surface area contributed by atoms with Crippen molar-refractivity contribution >= 4 is 6.29 Å². The molecule has 2 aliphatic rings. The lowest BCUT2D eigenvalue weighted by Crippen LogP contribution is -2.17. The number of carbonyl (C=O) groups excluding carboxylic acids is 1. The second-order valence-corrected chi connectivity index (χ2v) is 3.52. The lowest BCUT2D eigenvalue weighted by Gasteiger charge is -2.18. The fourth-order valence-corrected chi connectivity index (χ4v) is 2.33. The van der Waals surface area contributed by atoms with Gasteiger partial charge in [-0.15, -0.1) is 0 Å². The molecular formula is C12H22O2. The lowest BCUT2D eigenvalue weighted by molar-refractivity contribution is -0.112. The minimum absolute atomic E-state index is 0.329. The first-order chi connectivity index (χ1) is 6.83. The van der Waals surface area contributed by atoms with Gasteiger partial charge < -0.3 is 9.90 Å². The summed E-state index contributed by atoms with van der Waals surface area (Å²) in [5.41, 5.74) is 0. The molecule has 0 saturated heterocycles. The highest BCUT2D eigenvalue weighted by Crippen LogP contribution is 2.46. The summed E-state index contributed by atoms with van der Waals surface area (Å²) < 4.78 is 0. The largest absolute Gasteiger partial charge is 0.400 e. The van der Waals surface area contributed by atoms with E-state index in [9.17, 15) is 4.79 Å². The van der Waals surface area contributed by atoms with E-state index in [1.54, 1.807) is 0 Å². The summed E-state index contributed by atoms with van der Waals surface area (Å²) in [5.74, 6) is 2.22. The van der Waals surface area contributed by atoms with E-state index in [1.807, 2.05) is 13.8 Å². The fraction of sp³-hybridized carbons (Fsp3) is 0.750. The minimum atomic E-state index is 0.329. The molecule has 82 valence electrons. The van der Waals surface area contributed by atoms with Crippen LogP contribution >= 0.6 is 0 Å². The fourth-order valence-electron chi connectivity index (χ4n) is 2.33. The number of hydrogen-bond donors (Lipinski definition) is 1. The molecule has 14 heavy (non-hydrogen) atoms.